The summed E-state index contributed by atoms with van der Waals surface area (Å²) in [5.41, 5.74) is 2.33. The molecule has 0 bridgehead atoms. The van der Waals surface area contributed by atoms with Gasteiger partial charge in [-0.3, -0.25) is 9.59 Å². The predicted molar refractivity (Wildman–Crippen MR) is 140 cm³/mol. The summed E-state index contributed by atoms with van der Waals surface area (Å²) in [7, 11) is 0. The number of thiophene rings is 1. The predicted octanol–water partition coefficient (Wildman–Crippen LogP) is 4.35. The van der Waals surface area contributed by atoms with Crippen LogP contribution in [-0.4, -0.2) is 43.5 Å². The molecular formula is C25H25N5O4S2. The van der Waals surface area contributed by atoms with Crippen LogP contribution >= 0.6 is 23.1 Å². The summed E-state index contributed by atoms with van der Waals surface area (Å²) < 4.78 is 6.88. The minimum atomic E-state index is -0.590. The van der Waals surface area contributed by atoms with Gasteiger partial charge in [-0.05, 0) is 57.2 Å². The first-order valence-electron chi connectivity index (χ1n) is 11.8. The maximum atomic E-state index is 13.1. The normalized spacial score (nSPS) is 13.8. The Kier molecular flexibility index (Phi) is 6.92. The number of aromatic amines is 1. The highest BCUT2D eigenvalue weighted by atomic mass is 32.2. The fraction of sp³-hybridized carbons (Fsp3) is 0.320. The van der Waals surface area contributed by atoms with Crippen molar-refractivity contribution in [1.82, 2.24) is 19.7 Å². The number of amides is 1. The van der Waals surface area contributed by atoms with E-state index in [9.17, 15) is 14.4 Å². The van der Waals surface area contributed by atoms with Crippen molar-refractivity contribution in [3.63, 3.8) is 0 Å². The Labute approximate surface area is 215 Å². The molecule has 11 heteroatoms. The van der Waals surface area contributed by atoms with Crippen LogP contribution in [0.4, 0.5) is 5.00 Å². The minimum absolute atomic E-state index is 0.268. The number of H-pyrrole nitrogens is 1. The maximum absolute atomic E-state index is 13.1. The smallest absolute Gasteiger partial charge is 0.341 e. The zero-order valence-corrected chi connectivity index (χ0v) is 21.5. The average molecular weight is 524 g/mol. The second-order valence-electron chi connectivity index (χ2n) is 8.39. The zero-order chi connectivity index (χ0) is 25.2. The van der Waals surface area contributed by atoms with Crippen LogP contribution in [0.15, 0.2) is 46.5 Å². The molecule has 0 aliphatic heterocycles. The fourth-order valence-electron chi connectivity index (χ4n) is 4.22. The molecule has 0 fully saturated rings. The Morgan fingerprint density at radius 3 is 2.81 bits per heavy atom. The van der Waals surface area contributed by atoms with Crippen molar-refractivity contribution >= 4 is 51.0 Å². The van der Waals surface area contributed by atoms with Crippen molar-refractivity contribution in [2.24, 2.45) is 0 Å². The Morgan fingerprint density at radius 2 is 2.03 bits per heavy atom. The summed E-state index contributed by atoms with van der Waals surface area (Å²) in [5, 5.41) is 7.85. The number of rotatable bonds is 7. The molecule has 0 radical (unpaired) electrons. The lowest BCUT2D eigenvalue weighted by molar-refractivity contribution is -0.115. The van der Waals surface area contributed by atoms with Crippen LogP contribution < -0.4 is 10.9 Å². The van der Waals surface area contributed by atoms with Crippen molar-refractivity contribution in [2.45, 2.75) is 49.9 Å². The zero-order valence-electron chi connectivity index (χ0n) is 19.9. The molecule has 1 atom stereocenters. The second kappa shape index (κ2) is 10.3. The van der Waals surface area contributed by atoms with Gasteiger partial charge in [0.2, 0.25) is 5.91 Å². The number of aromatic nitrogens is 4. The van der Waals surface area contributed by atoms with E-state index in [1.165, 1.54) is 17.5 Å². The molecule has 9 nitrogen and oxygen atoms in total. The van der Waals surface area contributed by atoms with Gasteiger partial charge < -0.3 is 15.0 Å². The van der Waals surface area contributed by atoms with Crippen molar-refractivity contribution in [1.29, 1.82) is 0 Å². The topological polar surface area (TPSA) is 119 Å². The van der Waals surface area contributed by atoms with E-state index in [2.05, 4.69) is 20.4 Å². The monoisotopic (exact) mass is 523 g/mol. The summed E-state index contributed by atoms with van der Waals surface area (Å²) >= 11 is 2.58. The number of hydrogen-bond acceptors (Lipinski definition) is 8. The minimum Gasteiger partial charge on any atom is -0.462 e. The number of aryl methyl sites for hydroxylation is 1. The summed E-state index contributed by atoms with van der Waals surface area (Å²) in [6.45, 7) is 3.77. The van der Waals surface area contributed by atoms with Gasteiger partial charge in [0.1, 0.15) is 10.4 Å². The molecule has 4 aromatic rings. The second-order valence-corrected chi connectivity index (χ2v) is 10.8. The maximum Gasteiger partial charge on any atom is 0.341 e. The molecule has 1 aromatic carbocycles. The molecule has 1 aliphatic rings. The number of fused-ring (bicyclic) bond motifs is 2. The standard InChI is InChI=1S/C25H25N5O4S2/c1-3-34-24(33)19-16-11-7-8-12-18(16)36-23(19)28-21(31)14(2)35-25-27-20-17(22(32)29-25)13-26-30(20)15-9-5-4-6-10-15/h4-6,9-10,13-14H,3,7-8,11-12H2,1-2H3,(H,28,31)(H,27,29,32)/t14-/m0/s1. The Morgan fingerprint density at radius 1 is 1.25 bits per heavy atom. The third kappa shape index (κ3) is 4.68. The van der Waals surface area contributed by atoms with Crippen molar-refractivity contribution in [3.05, 3.63) is 62.9 Å². The van der Waals surface area contributed by atoms with Crippen LogP contribution in [0.2, 0.25) is 0 Å². The van der Waals surface area contributed by atoms with Gasteiger partial charge in [0.05, 0.1) is 29.3 Å². The largest absolute Gasteiger partial charge is 0.462 e. The fourth-order valence-corrected chi connectivity index (χ4v) is 6.29. The van der Waals surface area contributed by atoms with Gasteiger partial charge in [0.25, 0.3) is 5.56 Å². The van der Waals surface area contributed by atoms with Crippen LogP contribution in [0.3, 0.4) is 0 Å². The number of anilines is 1. The third-order valence-corrected chi connectivity index (χ3v) is 8.15. The summed E-state index contributed by atoms with van der Waals surface area (Å²) in [6.07, 6.45) is 5.26. The first-order chi connectivity index (χ1) is 17.5. The van der Waals surface area contributed by atoms with E-state index in [1.54, 1.807) is 18.5 Å². The van der Waals surface area contributed by atoms with Crippen molar-refractivity contribution in [3.8, 4) is 5.69 Å². The molecule has 0 saturated carbocycles. The van der Waals surface area contributed by atoms with Crippen LogP contribution in [0, 0.1) is 0 Å². The molecule has 186 valence electrons. The molecule has 1 aliphatic carbocycles. The van der Waals surface area contributed by atoms with Gasteiger partial charge in [-0.1, -0.05) is 30.0 Å². The van der Waals surface area contributed by atoms with Crippen LogP contribution in [0.5, 0.6) is 0 Å². The van der Waals surface area contributed by atoms with Crippen LogP contribution in [-0.2, 0) is 22.4 Å². The Hall–Kier alpha value is -3.44. The molecule has 5 rings (SSSR count). The number of benzene rings is 1. The lowest BCUT2D eigenvalue weighted by atomic mass is 9.95. The molecule has 3 aromatic heterocycles. The van der Waals surface area contributed by atoms with Crippen molar-refractivity contribution in [2.75, 3.05) is 11.9 Å². The molecule has 2 N–H and O–H groups in total. The average Bonchev–Trinajstić information content (AvgIpc) is 3.46. The number of thioether (sulfide) groups is 1. The van der Waals surface area contributed by atoms with E-state index in [-0.39, 0.29) is 18.1 Å². The summed E-state index contributed by atoms with van der Waals surface area (Å²) in [5.74, 6) is -0.693. The summed E-state index contributed by atoms with van der Waals surface area (Å²) in [6, 6.07) is 9.41. The number of carbonyl (C=O) groups excluding carboxylic acids is 2. The lowest BCUT2D eigenvalue weighted by Crippen LogP contribution is -2.24. The number of ether oxygens (including phenoxy) is 1. The first-order valence-corrected chi connectivity index (χ1v) is 13.5. The highest BCUT2D eigenvalue weighted by molar-refractivity contribution is 8.00. The molecule has 0 spiro atoms. The molecule has 0 unspecified atom stereocenters. The molecule has 1 amide bonds. The molecule has 0 saturated heterocycles. The highest BCUT2D eigenvalue weighted by Crippen LogP contribution is 2.39. The number of para-hydroxylation sites is 1. The van der Waals surface area contributed by atoms with E-state index < -0.39 is 11.2 Å². The van der Waals surface area contributed by atoms with Crippen molar-refractivity contribution < 1.29 is 14.3 Å². The number of esters is 1. The van der Waals surface area contributed by atoms with E-state index >= 15 is 0 Å². The van der Waals surface area contributed by atoms with Gasteiger partial charge in [0.15, 0.2) is 10.8 Å². The quantitative estimate of drug-likeness (QED) is 0.210. The van der Waals surface area contributed by atoms with E-state index in [4.69, 9.17) is 4.74 Å². The summed E-state index contributed by atoms with van der Waals surface area (Å²) in [4.78, 5) is 47.0. The lowest BCUT2D eigenvalue weighted by Gasteiger charge is -2.13. The number of nitrogens with one attached hydrogen (secondary N) is 2. The Bertz CT molecular complexity index is 1490. The SMILES string of the molecule is CCOC(=O)c1c(NC(=O)[C@H](C)Sc2nc3c(cnn3-c3ccccc3)c(=O)[nH]2)sc2c1CCCC2. The first kappa shape index (κ1) is 24.3. The molecule has 3 heterocycles. The number of carbonyl (C=O) groups is 2. The van der Waals surface area contributed by atoms with Crippen LogP contribution in [0.1, 0.15) is 47.5 Å². The van der Waals surface area contributed by atoms with E-state index in [0.717, 1.165) is 53.6 Å². The van der Waals surface area contributed by atoms with Gasteiger partial charge in [-0.2, -0.15) is 5.10 Å². The third-order valence-electron chi connectivity index (χ3n) is 5.96. The van der Waals surface area contributed by atoms with Gasteiger partial charge in [-0.15, -0.1) is 11.3 Å². The number of hydrogen-bond donors (Lipinski definition) is 2. The number of nitrogens with zero attached hydrogens (tertiary/aromatic N) is 3. The molecular weight excluding hydrogens is 498 g/mol. The van der Waals surface area contributed by atoms with Gasteiger partial charge in [-0.25, -0.2) is 14.5 Å². The van der Waals surface area contributed by atoms with Gasteiger partial charge >= 0.3 is 5.97 Å². The highest BCUT2D eigenvalue weighted by Gasteiger charge is 2.28. The molecule has 36 heavy (non-hydrogen) atoms. The Balaban J connectivity index is 1.39. The van der Waals surface area contributed by atoms with E-state index in [1.807, 2.05) is 30.3 Å². The van der Waals surface area contributed by atoms with Crippen LogP contribution in [0.25, 0.3) is 16.7 Å². The van der Waals surface area contributed by atoms with E-state index in [0.29, 0.717) is 26.8 Å². The van der Waals surface area contributed by atoms with Gasteiger partial charge in [0, 0.05) is 4.88 Å².